The van der Waals surface area contributed by atoms with E-state index in [2.05, 4.69) is 45.0 Å². The van der Waals surface area contributed by atoms with Gasteiger partial charge in [0.05, 0.1) is 19.1 Å². The number of benzene rings is 2. The van der Waals surface area contributed by atoms with Crippen LogP contribution in [0.2, 0.25) is 5.04 Å². The molecule has 2 aliphatic heterocycles. The number of ether oxygens (including phenoxy) is 2. The van der Waals surface area contributed by atoms with Crippen molar-refractivity contribution in [3.05, 3.63) is 60.7 Å². The maximum absolute atomic E-state index is 11.7. The van der Waals surface area contributed by atoms with Crippen LogP contribution in [0.3, 0.4) is 0 Å². The Morgan fingerprint density at radius 1 is 1.03 bits per heavy atom. The van der Waals surface area contributed by atoms with Crippen LogP contribution in [0.5, 0.6) is 0 Å². The molecule has 0 bridgehead atoms. The SMILES string of the molecule is CC(C)(C)[Si](OC[C@H]1O[C@H](O)[C@H]2OC(=O)C[C@H]21)(c1ccccc1)c1ccccc1. The molecule has 2 aromatic carbocycles. The fourth-order valence-corrected chi connectivity index (χ4v) is 9.27. The Kier molecular flexibility index (Phi) is 5.37. The Morgan fingerprint density at radius 2 is 1.59 bits per heavy atom. The van der Waals surface area contributed by atoms with Crippen molar-refractivity contribution >= 4 is 24.7 Å². The average Bonchev–Trinajstić information content (AvgIpc) is 3.21. The lowest BCUT2D eigenvalue weighted by Crippen LogP contribution is -2.67. The molecular weight excluding hydrogens is 384 g/mol. The standard InChI is InChI=1S/C23H28O5Si/c1-23(2,3)29(16-10-6-4-7-11-16,17-12-8-5-9-13-17)26-15-19-18-14-20(24)28-21(18)22(25)27-19/h4-13,18-19,21-22,25H,14-15H2,1-3H3/t18-,19+,21-,22-/m0/s1. The minimum absolute atomic E-state index is 0.145. The number of fused-ring (bicyclic) bond motifs is 1. The number of aliphatic hydroxyl groups excluding tert-OH is 1. The zero-order valence-electron chi connectivity index (χ0n) is 17.1. The molecular formula is C23H28O5Si. The van der Waals surface area contributed by atoms with Crippen LogP contribution < -0.4 is 10.4 Å². The van der Waals surface area contributed by atoms with E-state index in [0.717, 1.165) is 0 Å². The summed E-state index contributed by atoms with van der Waals surface area (Å²) in [6.45, 7) is 6.96. The molecule has 2 saturated heterocycles. The van der Waals surface area contributed by atoms with Crippen molar-refractivity contribution in [2.45, 2.75) is 50.7 Å². The lowest BCUT2D eigenvalue weighted by molar-refractivity contribution is -0.166. The number of carbonyl (C=O) groups is 1. The number of rotatable bonds is 5. The van der Waals surface area contributed by atoms with E-state index in [1.165, 1.54) is 10.4 Å². The molecule has 0 radical (unpaired) electrons. The van der Waals surface area contributed by atoms with E-state index in [4.69, 9.17) is 13.9 Å². The zero-order valence-corrected chi connectivity index (χ0v) is 18.1. The van der Waals surface area contributed by atoms with Gasteiger partial charge in [-0.2, -0.15) is 0 Å². The van der Waals surface area contributed by atoms with Gasteiger partial charge in [-0.05, 0) is 15.4 Å². The maximum atomic E-state index is 11.7. The second-order valence-corrected chi connectivity index (χ2v) is 13.2. The van der Waals surface area contributed by atoms with Crippen LogP contribution >= 0.6 is 0 Å². The van der Waals surface area contributed by atoms with Crippen molar-refractivity contribution in [1.29, 1.82) is 0 Å². The third kappa shape index (κ3) is 3.55. The van der Waals surface area contributed by atoms with Gasteiger partial charge in [0, 0.05) is 5.92 Å². The Morgan fingerprint density at radius 3 is 2.10 bits per heavy atom. The van der Waals surface area contributed by atoms with E-state index < -0.39 is 20.7 Å². The topological polar surface area (TPSA) is 65.0 Å². The monoisotopic (exact) mass is 412 g/mol. The van der Waals surface area contributed by atoms with E-state index in [-0.39, 0.29) is 29.5 Å². The number of hydrogen-bond acceptors (Lipinski definition) is 5. The molecule has 0 aliphatic carbocycles. The largest absolute Gasteiger partial charge is 0.457 e. The van der Waals surface area contributed by atoms with Crippen LogP contribution in [0.1, 0.15) is 27.2 Å². The van der Waals surface area contributed by atoms with Gasteiger partial charge in [0.2, 0.25) is 0 Å². The summed E-state index contributed by atoms with van der Waals surface area (Å²) in [4.78, 5) is 11.7. The van der Waals surface area contributed by atoms with Gasteiger partial charge in [0.25, 0.3) is 8.32 Å². The van der Waals surface area contributed by atoms with Crippen LogP contribution in [0.25, 0.3) is 0 Å². The number of hydrogen-bond donors (Lipinski definition) is 1. The molecule has 2 fully saturated rings. The van der Waals surface area contributed by atoms with E-state index in [9.17, 15) is 9.90 Å². The first-order valence-corrected chi connectivity index (χ1v) is 12.0. The summed E-state index contributed by atoms with van der Waals surface area (Å²) < 4.78 is 17.8. The van der Waals surface area contributed by atoms with Gasteiger partial charge in [-0.3, -0.25) is 4.79 Å². The fraction of sp³-hybridized carbons (Fsp3) is 0.435. The fourth-order valence-electron chi connectivity index (χ4n) is 4.70. The first kappa shape index (κ1) is 20.3. The summed E-state index contributed by atoms with van der Waals surface area (Å²) in [7, 11) is -2.69. The molecule has 2 aromatic rings. The Balaban J connectivity index is 1.71. The van der Waals surface area contributed by atoms with Crippen LogP contribution in [0.4, 0.5) is 0 Å². The Bertz CT molecular complexity index is 809. The summed E-state index contributed by atoms with van der Waals surface area (Å²) in [5, 5.41) is 12.4. The summed E-state index contributed by atoms with van der Waals surface area (Å²) in [6, 6.07) is 20.8. The van der Waals surface area contributed by atoms with Crippen molar-refractivity contribution in [2.75, 3.05) is 6.61 Å². The van der Waals surface area contributed by atoms with Gasteiger partial charge in [-0.1, -0.05) is 81.4 Å². The van der Waals surface area contributed by atoms with Crippen molar-refractivity contribution in [2.24, 2.45) is 5.92 Å². The highest BCUT2D eigenvalue weighted by Gasteiger charge is 2.54. The number of aliphatic hydroxyl groups is 1. The number of esters is 1. The Hall–Kier alpha value is -1.99. The van der Waals surface area contributed by atoms with Gasteiger partial charge in [0.1, 0.15) is 0 Å². The molecule has 0 spiro atoms. The highest BCUT2D eigenvalue weighted by molar-refractivity contribution is 6.99. The lowest BCUT2D eigenvalue weighted by Gasteiger charge is -2.43. The average molecular weight is 413 g/mol. The summed E-state index contributed by atoms with van der Waals surface area (Å²) >= 11 is 0. The van der Waals surface area contributed by atoms with Crippen molar-refractivity contribution in [3.63, 3.8) is 0 Å². The molecule has 5 nitrogen and oxygen atoms in total. The van der Waals surface area contributed by atoms with Crippen LogP contribution in [0.15, 0.2) is 60.7 Å². The van der Waals surface area contributed by atoms with Crippen LogP contribution in [0, 0.1) is 5.92 Å². The van der Waals surface area contributed by atoms with Gasteiger partial charge < -0.3 is 19.0 Å². The lowest BCUT2D eigenvalue weighted by atomic mass is 9.98. The molecule has 0 aromatic heterocycles. The van der Waals surface area contributed by atoms with Crippen molar-refractivity contribution < 1.29 is 23.8 Å². The normalized spacial score (nSPS) is 27.0. The van der Waals surface area contributed by atoms with Gasteiger partial charge in [0.15, 0.2) is 12.4 Å². The van der Waals surface area contributed by atoms with Gasteiger partial charge in [-0.15, -0.1) is 0 Å². The minimum Gasteiger partial charge on any atom is -0.457 e. The van der Waals surface area contributed by atoms with Gasteiger partial charge >= 0.3 is 5.97 Å². The van der Waals surface area contributed by atoms with E-state index >= 15 is 0 Å². The molecule has 0 amide bonds. The predicted octanol–water partition coefficient (Wildman–Crippen LogP) is 2.21. The first-order valence-electron chi connectivity index (χ1n) is 10.1. The first-order chi connectivity index (χ1) is 13.8. The summed E-state index contributed by atoms with van der Waals surface area (Å²) in [6.07, 6.45) is -1.78. The third-order valence-corrected chi connectivity index (χ3v) is 11.1. The summed E-state index contributed by atoms with van der Waals surface area (Å²) in [5.41, 5.74) is 0. The van der Waals surface area contributed by atoms with Crippen LogP contribution in [-0.4, -0.2) is 44.5 Å². The maximum Gasteiger partial charge on any atom is 0.306 e. The third-order valence-electron chi connectivity index (χ3n) is 6.05. The predicted molar refractivity (Wildman–Crippen MR) is 112 cm³/mol. The molecule has 2 aliphatic rings. The van der Waals surface area contributed by atoms with E-state index in [0.29, 0.717) is 6.61 Å². The van der Waals surface area contributed by atoms with Crippen molar-refractivity contribution in [1.82, 2.24) is 0 Å². The second-order valence-electron chi connectivity index (χ2n) is 8.86. The minimum atomic E-state index is -2.69. The van der Waals surface area contributed by atoms with E-state index in [1.807, 2.05) is 36.4 Å². The highest BCUT2D eigenvalue weighted by atomic mass is 28.4. The molecule has 29 heavy (non-hydrogen) atoms. The smallest absolute Gasteiger partial charge is 0.306 e. The molecule has 0 unspecified atom stereocenters. The number of carbonyl (C=O) groups excluding carboxylic acids is 1. The van der Waals surface area contributed by atoms with Crippen molar-refractivity contribution in [3.8, 4) is 0 Å². The summed E-state index contributed by atoms with van der Waals surface area (Å²) in [5.74, 6) is -0.450. The molecule has 1 N–H and O–H groups in total. The zero-order chi connectivity index (χ0) is 20.6. The molecule has 2 heterocycles. The molecule has 6 heteroatoms. The van der Waals surface area contributed by atoms with Crippen LogP contribution in [-0.2, 0) is 18.7 Å². The molecule has 4 rings (SSSR count). The highest BCUT2D eigenvalue weighted by Crippen LogP contribution is 2.40. The Labute approximate surface area is 172 Å². The quantitative estimate of drug-likeness (QED) is 0.603. The molecule has 4 atom stereocenters. The second kappa shape index (κ2) is 7.68. The molecule has 0 saturated carbocycles. The van der Waals surface area contributed by atoms with Gasteiger partial charge in [-0.25, -0.2) is 0 Å². The molecule has 154 valence electrons. The van der Waals surface area contributed by atoms with E-state index in [1.54, 1.807) is 0 Å².